The molecule has 0 N–H and O–H groups in total. The topological polar surface area (TPSA) is 80.3 Å². The summed E-state index contributed by atoms with van der Waals surface area (Å²) in [5.41, 5.74) is 0.241. The Balaban J connectivity index is 1.69. The summed E-state index contributed by atoms with van der Waals surface area (Å²) in [6, 6.07) is 6.13. The monoisotopic (exact) mass is 730 g/mol. The number of hydrogen-bond donors (Lipinski definition) is 0. The fourth-order valence-electron chi connectivity index (χ4n) is 8.13. The molecule has 2 unspecified atom stereocenters. The number of cyclic esters (lactones) is 1. The van der Waals surface area contributed by atoms with Crippen LogP contribution in [0.25, 0.3) is 0 Å². The molecular formula is C40H63FO7Si2. The number of fused-ring (bicyclic) bond motifs is 1. The number of carbonyl (C=O) groups excluding carboxylic acids is 2. The van der Waals surface area contributed by atoms with E-state index in [0.29, 0.717) is 25.7 Å². The average molecular weight is 731 g/mol. The van der Waals surface area contributed by atoms with E-state index in [2.05, 4.69) is 92.9 Å². The second-order valence-electron chi connectivity index (χ2n) is 17.5. The Bertz CT molecular complexity index is 1400. The lowest BCUT2D eigenvalue weighted by atomic mass is 9.59. The van der Waals surface area contributed by atoms with E-state index in [0.717, 1.165) is 12.0 Å². The van der Waals surface area contributed by atoms with Gasteiger partial charge >= 0.3 is 11.9 Å². The number of ether oxygens (including phenoxy) is 3. The summed E-state index contributed by atoms with van der Waals surface area (Å²) in [5, 5.41) is 0. The van der Waals surface area contributed by atoms with Crippen LogP contribution in [0.1, 0.15) is 87.5 Å². The van der Waals surface area contributed by atoms with Gasteiger partial charge in [-0.2, -0.15) is 0 Å². The number of esters is 2. The van der Waals surface area contributed by atoms with Gasteiger partial charge in [-0.05, 0) is 92.7 Å². The molecule has 50 heavy (non-hydrogen) atoms. The third kappa shape index (κ3) is 9.38. The highest BCUT2D eigenvalue weighted by atomic mass is 28.3. The highest BCUT2D eigenvalue weighted by Gasteiger charge is 2.55. The molecule has 2 aliphatic carbocycles. The average Bonchev–Trinajstić information content (AvgIpc) is 3.00. The zero-order chi connectivity index (χ0) is 37.2. The Morgan fingerprint density at radius 2 is 1.72 bits per heavy atom. The summed E-state index contributed by atoms with van der Waals surface area (Å²) in [6.07, 6.45) is 7.50. The Morgan fingerprint density at radius 3 is 2.30 bits per heavy atom. The van der Waals surface area contributed by atoms with E-state index >= 15 is 0 Å². The van der Waals surface area contributed by atoms with Crippen molar-refractivity contribution in [3.8, 4) is 5.75 Å². The molecule has 1 heterocycles. The van der Waals surface area contributed by atoms with Crippen molar-refractivity contribution < 1.29 is 37.0 Å². The normalized spacial score (nSPS) is 30.8. The number of benzene rings is 1. The second kappa shape index (κ2) is 16.2. The summed E-state index contributed by atoms with van der Waals surface area (Å²) >= 11 is 0. The van der Waals surface area contributed by atoms with Crippen LogP contribution in [0.3, 0.4) is 0 Å². The van der Waals surface area contributed by atoms with Crippen LogP contribution in [-0.4, -0.2) is 60.0 Å². The van der Waals surface area contributed by atoms with Gasteiger partial charge in [-0.25, -0.2) is 14.0 Å². The maximum Gasteiger partial charge on any atom is 0.347 e. The van der Waals surface area contributed by atoms with Crippen LogP contribution in [0.2, 0.25) is 26.2 Å². The largest absolute Gasteiger partial charge is 0.476 e. The van der Waals surface area contributed by atoms with E-state index < -0.39 is 53.8 Å². The minimum Gasteiger partial charge on any atom is -0.476 e. The number of para-hydroxylation sites is 1. The molecule has 0 saturated carbocycles. The van der Waals surface area contributed by atoms with E-state index in [4.69, 9.17) is 23.1 Å². The van der Waals surface area contributed by atoms with Gasteiger partial charge in [0.05, 0.1) is 5.60 Å². The number of halogens is 1. The van der Waals surface area contributed by atoms with Crippen LogP contribution in [0.15, 0.2) is 48.1 Å². The summed E-state index contributed by atoms with van der Waals surface area (Å²) < 4.78 is 46.6. The third-order valence-corrected chi connectivity index (χ3v) is 12.6. The number of hydrogen-bond acceptors (Lipinski definition) is 7. The standard InChI is InChI=1S/C40H63FO7Si2/c1-13-31(45-32-17-15-14-16-30(32)41)36(42)46-33-23-27(38(3,4)5)22-26-19-18-25(2)40(34(26)33,48-50(11)12)21-20-28-24-29(39(6,7)8)35(37(43)44-28)47-49(9)10/h14-19,22,25,27-29,31,33-35,49-50H,13,20-21,23-24H2,1-12H3/t25-,27+,28+,29-,31?,33-,34+,35?,40-/m0/s1. The van der Waals surface area contributed by atoms with E-state index in [-0.39, 0.29) is 52.3 Å². The highest BCUT2D eigenvalue weighted by molar-refractivity contribution is 6.49. The SMILES string of the molecule is CCC(Oc1ccccc1F)C(=O)O[C@H]1C[C@H](C(C)(C)C)C=C2C=C[C@H](C)[C@](CC[C@@H]3C[C@H](C(C)(C)C)C(O[SiH](C)C)C(=O)O3)(O[SiH](C)C)[C@H]21. The lowest BCUT2D eigenvalue weighted by Gasteiger charge is -2.54. The minimum absolute atomic E-state index is 0.0179. The Labute approximate surface area is 304 Å². The molecular weight excluding hydrogens is 668 g/mol. The van der Waals surface area contributed by atoms with Gasteiger partial charge in [0.15, 0.2) is 35.8 Å². The maximum absolute atomic E-state index is 14.6. The van der Waals surface area contributed by atoms with Crippen LogP contribution in [0.4, 0.5) is 4.39 Å². The molecule has 1 fully saturated rings. The molecule has 1 saturated heterocycles. The fourth-order valence-corrected chi connectivity index (χ4v) is 10.4. The third-order valence-electron chi connectivity index (χ3n) is 10.8. The van der Waals surface area contributed by atoms with E-state index in [1.54, 1.807) is 12.1 Å². The first-order valence-electron chi connectivity index (χ1n) is 18.8. The van der Waals surface area contributed by atoms with Gasteiger partial charge < -0.3 is 23.1 Å². The lowest BCUT2D eigenvalue weighted by molar-refractivity contribution is -0.180. The fraction of sp³-hybridized carbons (Fsp3) is 0.700. The van der Waals surface area contributed by atoms with Gasteiger partial charge in [0.2, 0.25) is 0 Å². The number of carbonyl (C=O) groups is 2. The first-order valence-corrected chi connectivity index (χ1v) is 24.4. The van der Waals surface area contributed by atoms with Crippen LogP contribution < -0.4 is 4.74 Å². The zero-order valence-electron chi connectivity index (χ0n) is 32.6. The van der Waals surface area contributed by atoms with Gasteiger partial charge in [0, 0.05) is 17.8 Å². The molecule has 0 aromatic heterocycles. The number of allylic oxidation sites excluding steroid dienone is 2. The predicted octanol–water partition coefficient (Wildman–Crippen LogP) is 8.57. The Hall–Kier alpha value is -2.28. The summed E-state index contributed by atoms with van der Waals surface area (Å²) in [4.78, 5) is 27.5. The summed E-state index contributed by atoms with van der Waals surface area (Å²) in [5.74, 6) is -1.26. The zero-order valence-corrected chi connectivity index (χ0v) is 34.9. The van der Waals surface area contributed by atoms with Gasteiger partial charge in [-0.3, -0.25) is 0 Å². The molecule has 7 nitrogen and oxygen atoms in total. The predicted molar refractivity (Wildman–Crippen MR) is 202 cm³/mol. The molecule has 1 aromatic carbocycles. The summed E-state index contributed by atoms with van der Waals surface area (Å²) in [7, 11) is -3.13. The van der Waals surface area contributed by atoms with Crippen LogP contribution >= 0.6 is 0 Å². The van der Waals surface area contributed by atoms with Gasteiger partial charge in [0.1, 0.15) is 18.3 Å². The molecule has 0 radical (unpaired) electrons. The van der Waals surface area contributed by atoms with Gasteiger partial charge in [-0.1, -0.05) is 85.8 Å². The molecule has 1 aromatic rings. The van der Waals surface area contributed by atoms with E-state index in [9.17, 15) is 14.0 Å². The van der Waals surface area contributed by atoms with Crippen molar-refractivity contribution in [3.63, 3.8) is 0 Å². The maximum atomic E-state index is 14.6. The highest BCUT2D eigenvalue weighted by Crippen LogP contribution is 2.53. The lowest BCUT2D eigenvalue weighted by Crippen LogP contribution is -2.58. The molecule has 10 heteroatoms. The molecule has 0 spiro atoms. The molecule has 280 valence electrons. The van der Waals surface area contributed by atoms with E-state index in [1.807, 2.05) is 6.92 Å². The minimum atomic E-state index is -1.65. The molecule has 9 atom stereocenters. The van der Waals surface area contributed by atoms with Crippen molar-refractivity contribution in [3.05, 3.63) is 53.9 Å². The van der Waals surface area contributed by atoms with Gasteiger partial charge in [-0.15, -0.1) is 0 Å². The van der Waals surface area contributed by atoms with Gasteiger partial charge in [0.25, 0.3) is 0 Å². The quantitative estimate of drug-likeness (QED) is 0.158. The Kier molecular flexibility index (Phi) is 13.1. The van der Waals surface area contributed by atoms with Crippen molar-refractivity contribution in [2.24, 2.45) is 34.5 Å². The molecule has 3 aliphatic rings. The van der Waals surface area contributed by atoms with Crippen molar-refractivity contribution in [2.45, 2.75) is 144 Å². The second-order valence-corrected chi connectivity index (χ2v) is 22.2. The van der Waals surface area contributed by atoms with Crippen molar-refractivity contribution >= 4 is 30.0 Å². The first kappa shape index (κ1) is 40.5. The molecule has 4 rings (SSSR count). The van der Waals surface area contributed by atoms with Crippen molar-refractivity contribution in [2.75, 3.05) is 0 Å². The molecule has 1 aliphatic heterocycles. The van der Waals surface area contributed by atoms with E-state index in [1.165, 1.54) is 12.1 Å². The Morgan fingerprint density at radius 1 is 1.04 bits per heavy atom. The summed E-state index contributed by atoms with van der Waals surface area (Å²) in [6.45, 7) is 25.8. The number of rotatable bonds is 12. The van der Waals surface area contributed by atoms with Crippen molar-refractivity contribution in [1.82, 2.24) is 0 Å². The smallest absolute Gasteiger partial charge is 0.347 e. The van der Waals surface area contributed by atoms with Crippen LogP contribution in [0, 0.1) is 40.3 Å². The first-order chi connectivity index (χ1) is 23.3. The van der Waals surface area contributed by atoms with Crippen molar-refractivity contribution in [1.29, 1.82) is 0 Å². The van der Waals surface area contributed by atoms with Crippen LogP contribution in [0.5, 0.6) is 5.75 Å². The van der Waals surface area contributed by atoms with Crippen LogP contribution in [-0.2, 0) is 27.9 Å². The molecule has 0 bridgehead atoms. The molecule has 0 amide bonds.